The average Bonchev–Trinajstić information content (AvgIpc) is 2.55. The Labute approximate surface area is 129 Å². The smallest absolute Gasteiger partial charge is 0.196 e. The molecule has 0 bridgehead atoms. The number of benzene rings is 2. The van der Waals surface area contributed by atoms with Gasteiger partial charge >= 0.3 is 0 Å². The average molecular weight is 295 g/mol. The number of aromatic hydroxyl groups is 1. The number of carbonyl (C=O) groups excluding carboxylic acids is 1. The van der Waals surface area contributed by atoms with Crippen LogP contribution in [0.25, 0.3) is 0 Å². The third-order valence-corrected chi connectivity index (χ3v) is 3.23. The fourth-order valence-corrected chi connectivity index (χ4v) is 2.01. The van der Waals surface area contributed by atoms with Crippen LogP contribution in [0, 0.1) is 11.3 Å². The number of rotatable bonds is 6. The molecule has 0 aliphatic rings. The van der Waals surface area contributed by atoms with Gasteiger partial charge in [-0.05, 0) is 30.7 Å². The van der Waals surface area contributed by atoms with Gasteiger partial charge in [0.2, 0.25) is 0 Å². The van der Waals surface area contributed by atoms with Gasteiger partial charge in [0.15, 0.2) is 5.78 Å². The summed E-state index contributed by atoms with van der Waals surface area (Å²) >= 11 is 0. The van der Waals surface area contributed by atoms with Gasteiger partial charge in [-0.1, -0.05) is 25.5 Å². The van der Waals surface area contributed by atoms with Crippen LogP contribution >= 0.6 is 0 Å². The first-order chi connectivity index (χ1) is 10.7. The Hall–Kier alpha value is -2.80. The van der Waals surface area contributed by atoms with E-state index < -0.39 is 0 Å². The molecule has 0 amide bonds. The highest BCUT2D eigenvalue weighted by molar-refractivity contribution is 6.10. The lowest BCUT2D eigenvalue weighted by atomic mass is 10.0. The molecule has 22 heavy (non-hydrogen) atoms. The van der Waals surface area contributed by atoms with Crippen molar-refractivity contribution in [2.24, 2.45) is 0 Å². The number of hydrogen-bond acceptors (Lipinski definition) is 4. The number of phenols is 1. The monoisotopic (exact) mass is 295 g/mol. The zero-order valence-corrected chi connectivity index (χ0v) is 12.4. The third-order valence-electron chi connectivity index (χ3n) is 3.23. The summed E-state index contributed by atoms with van der Waals surface area (Å²) in [4.78, 5) is 12.4. The molecule has 0 aliphatic carbocycles. The topological polar surface area (TPSA) is 70.3 Å². The van der Waals surface area contributed by atoms with Crippen LogP contribution in [0.2, 0.25) is 0 Å². The van der Waals surface area contributed by atoms with E-state index >= 15 is 0 Å². The molecule has 0 atom stereocenters. The molecule has 0 aromatic heterocycles. The van der Waals surface area contributed by atoms with Crippen molar-refractivity contribution in [3.8, 4) is 17.6 Å². The van der Waals surface area contributed by atoms with Gasteiger partial charge in [0, 0.05) is 11.6 Å². The second-order valence-electron chi connectivity index (χ2n) is 4.90. The van der Waals surface area contributed by atoms with Crippen molar-refractivity contribution >= 4 is 5.78 Å². The minimum Gasteiger partial charge on any atom is -0.507 e. The maximum absolute atomic E-state index is 12.4. The van der Waals surface area contributed by atoms with Gasteiger partial charge in [0.1, 0.15) is 11.5 Å². The molecular weight excluding hydrogens is 278 g/mol. The summed E-state index contributed by atoms with van der Waals surface area (Å²) < 4.78 is 5.49. The van der Waals surface area contributed by atoms with Crippen LogP contribution in [-0.4, -0.2) is 17.5 Å². The van der Waals surface area contributed by atoms with Crippen LogP contribution in [0.5, 0.6) is 11.5 Å². The van der Waals surface area contributed by atoms with Crippen molar-refractivity contribution in [3.05, 3.63) is 59.2 Å². The molecular formula is C18H17NO3. The molecule has 0 radical (unpaired) electrons. The Kier molecular flexibility index (Phi) is 5.16. The van der Waals surface area contributed by atoms with E-state index in [1.807, 2.05) is 6.07 Å². The molecule has 112 valence electrons. The summed E-state index contributed by atoms with van der Waals surface area (Å²) in [5, 5.41) is 18.9. The molecule has 4 heteroatoms. The van der Waals surface area contributed by atoms with Gasteiger partial charge in [-0.2, -0.15) is 5.26 Å². The molecule has 0 saturated carbocycles. The number of ether oxygens (including phenoxy) is 1. The Balaban J connectivity index is 2.21. The first kappa shape index (κ1) is 15.6. The normalized spacial score (nSPS) is 10.0. The molecule has 2 aromatic rings. The maximum Gasteiger partial charge on any atom is 0.196 e. The van der Waals surface area contributed by atoms with E-state index in [4.69, 9.17) is 10.00 Å². The molecule has 0 heterocycles. The Morgan fingerprint density at radius 2 is 2.09 bits per heavy atom. The van der Waals surface area contributed by atoms with Crippen LogP contribution < -0.4 is 4.74 Å². The molecule has 4 nitrogen and oxygen atoms in total. The summed E-state index contributed by atoms with van der Waals surface area (Å²) in [7, 11) is 0. The number of carbonyl (C=O) groups is 1. The van der Waals surface area contributed by atoms with Gasteiger partial charge in [-0.3, -0.25) is 4.79 Å². The third kappa shape index (κ3) is 3.64. The summed E-state index contributed by atoms with van der Waals surface area (Å²) in [6, 6.07) is 13.0. The lowest BCUT2D eigenvalue weighted by molar-refractivity contribution is 0.103. The largest absolute Gasteiger partial charge is 0.507 e. The standard InChI is InChI=1S/C18H17NO3/c1-2-3-9-22-15-7-8-16(17(20)11-15)18(21)14-6-4-5-13(10-14)12-19/h4-8,10-11,20H,2-3,9H2,1H3. The van der Waals surface area contributed by atoms with Crippen molar-refractivity contribution < 1.29 is 14.6 Å². The number of phenolic OH excluding ortho intramolecular Hbond substituents is 1. The Morgan fingerprint density at radius 1 is 1.27 bits per heavy atom. The number of ketones is 1. The minimum atomic E-state index is -0.324. The van der Waals surface area contributed by atoms with Crippen LogP contribution in [0.4, 0.5) is 0 Å². The Bertz CT molecular complexity index is 717. The van der Waals surface area contributed by atoms with E-state index in [9.17, 15) is 9.90 Å². The highest BCUT2D eigenvalue weighted by Crippen LogP contribution is 2.26. The van der Waals surface area contributed by atoms with Crippen LogP contribution in [0.15, 0.2) is 42.5 Å². The summed E-state index contributed by atoms with van der Waals surface area (Å²) in [6.45, 7) is 2.64. The predicted molar refractivity (Wildman–Crippen MR) is 83.1 cm³/mol. The number of nitrogens with zero attached hydrogens (tertiary/aromatic N) is 1. The lowest BCUT2D eigenvalue weighted by Crippen LogP contribution is -2.03. The number of nitriles is 1. The van der Waals surface area contributed by atoms with Crippen LogP contribution in [-0.2, 0) is 0 Å². The van der Waals surface area contributed by atoms with Crippen molar-refractivity contribution in [2.45, 2.75) is 19.8 Å². The van der Waals surface area contributed by atoms with Gasteiger partial charge in [0.25, 0.3) is 0 Å². The van der Waals surface area contributed by atoms with Crippen LogP contribution in [0.3, 0.4) is 0 Å². The van der Waals surface area contributed by atoms with Crippen molar-refractivity contribution in [3.63, 3.8) is 0 Å². The fourth-order valence-electron chi connectivity index (χ4n) is 2.01. The van der Waals surface area contributed by atoms with Gasteiger partial charge in [-0.25, -0.2) is 0 Å². The molecule has 0 aliphatic heterocycles. The van der Waals surface area contributed by atoms with Crippen molar-refractivity contribution in [2.75, 3.05) is 6.61 Å². The summed E-state index contributed by atoms with van der Waals surface area (Å²) in [5.74, 6) is 0.0874. The zero-order valence-electron chi connectivity index (χ0n) is 12.4. The molecule has 0 spiro atoms. The first-order valence-electron chi connectivity index (χ1n) is 7.16. The number of hydrogen-bond donors (Lipinski definition) is 1. The van der Waals surface area contributed by atoms with E-state index in [1.54, 1.807) is 24.3 Å². The summed E-state index contributed by atoms with van der Waals surface area (Å²) in [5.41, 5.74) is 0.969. The molecule has 2 rings (SSSR count). The SMILES string of the molecule is CCCCOc1ccc(C(=O)c2cccc(C#N)c2)c(O)c1. The second-order valence-corrected chi connectivity index (χ2v) is 4.90. The fraction of sp³-hybridized carbons (Fsp3) is 0.222. The zero-order chi connectivity index (χ0) is 15.9. The van der Waals surface area contributed by atoms with E-state index in [-0.39, 0.29) is 17.1 Å². The molecule has 0 fully saturated rings. The maximum atomic E-state index is 12.4. The van der Waals surface area contributed by atoms with Gasteiger partial charge in [-0.15, -0.1) is 0 Å². The molecule has 2 aromatic carbocycles. The predicted octanol–water partition coefficient (Wildman–Crippen LogP) is 3.67. The first-order valence-corrected chi connectivity index (χ1v) is 7.16. The second kappa shape index (κ2) is 7.28. The summed E-state index contributed by atoms with van der Waals surface area (Å²) in [6.07, 6.45) is 1.96. The highest BCUT2D eigenvalue weighted by atomic mass is 16.5. The van der Waals surface area contributed by atoms with E-state index in [1.165, 1.54) is 18.2 Å². The van der Waals surface area contributed by atoms with Crippen molar-refractivity contribution in [1.82, 2.24) is 0 Å². The molecule has 0 unspecified atom stereocenters. The van der Waals surface area contributed by atoms with Gasteiger partial charge < -0.3 is 9.84 Å². The number of unbranched alkanes of at least 4 members (excludes halogenated alkanes) is 1. The minimum absolute atomic E-state index is 0.124. The van der Waals surface area contributed by atoms with Gasteiger partial charge in [0.05, 0.1) is 23.8 Å². The van der Waals surface area contributed by atoms with Crippen LogP contribution in [0.1, 0.15) is 41.3 Å². The highest BCUT2D eigenvalue weighted by Gasteiger charge is 2.14. The van der Waals surface area contributed by atoms with E-state index in [2.05, 4.69) is 6.92 Å². The van der Waals surface area contributed by atoms with E-state index in [0.717, 1.165) is 12.8 Å². The lowest BCUT2D eigenvalue weighted by Gasteiger charge is -2.08. The van der Waals surface area contributed by atoms with Crippen molar-refractivity contribution in [1.29, 1.82) is 5.26 Å². The molecule has 1 N–H and O–H groups in total. The Morgan fingerprint density at radius 3 is 2.77 bits per heavy atom. The van der Waals surface area contributed by atoms with E-state index in [0.29, 0.717) is 23.5 Å². The molecule has 0 saturated heterocycles. The quantitative estimate of drug-likeness (QED) is 0.652.